The van der Waals surface area contributed by atoms with Crippen molar-refractivity contribution in [3.63, 3.8) is 0 Å². The zero-order valence-electron chi connectivity index (χ0n) is 16.0. The van der Waals surface area contributed by atoms with Gasteiger partial charge in [-0.15, -0.1) is 0 Å². The van der Waals surface area contributed by atoms with Crippen molar-refractivity contribution in [1.82, 2.24) is 0 Å². The average molecular weight is 389 g/mol. The van der Waals surface area contributed by atoms with Crippen molar-refractivity contribution in [1.29, 1.82) is 0 Å². The number of rotatable bonds is 7. The van der Waals surface area contributed by atoms with Crippen LogP contribution in [-0.2, 0) is 9.53 Å². The zero-order chi connectivity index (χ0) is 19.8. The van der Waals surface area contributed by atoms with Crippen molar-refractivity contribution in [2.75, 3.05) is 13.2 Å². The Morgan fingerprint density at radius 3 is 1.57 bits per heavy atom. The molecule has 4 heteroatoms. The van der Waals surface area contributed by atoms with Crippen molar-refractivity contribution < 1.29 is 9.53 Å². The van der Waals surface area contributed by atoms with Crippen molar-refractivity contribution in [2.24, 2.45) is 4.74 Å². The molecule has 0 bridgehead atoms. The van der Waals surface area contributed by atoms with Crippen LogP contribution in [0.25, 0.3) is 0 Å². The predicted molar refractivity (Wildman–Crippen MR) is 118 cm³/mol. The Kier molecular flexibility index (Phi) is 6.62. The van der Waals surface area contributed by atoms with Gasteiger partial charge < -0.3 is 4.74 Å². The number of hydrogen-bond acceptors (Lipinski definition) is 3. The highest BCUT2D eigenvalue weighted by molar-refractivity contribution is 7.87. The van der Waals surface area contributed by atoms with Crippen LogP contribution in [-0.4, -0.2) is 19.1 Å². The molecular formula is C24H24NO2P. The molecule has 0 unspecified atom stereocenters. The number of esters is 1. The molecule has 3 aromatic rings. The summed E-state index contributed by atoms with van der Waals surface area (Å²) in [5, 5.41) is 3.54. The highest BCUT2D eigenvalue weighted by atomic mass is 31.2. The van der Waals surface area contributed by atoms with E-state index in [2.05, 4.69) is 43.0 Å². The van der Waals surface area contributed by atoms with E-state index in [0.29, 0.717) is 12.1 Å². The van der Waals surface area contributed by atoms with E-state index >= 15 is 0 Å². The Balaban J connectivity index is 2.13. The van der Waals surface area contributed by atoms with Crippen LogP contribution in [0.4, 0.5) is 0 Å². The Morgan fingerprint density at radius 2 is 1.21 bits per heavy atom. The number of ether oxygens (including phenoxy) is 1. The predicted octanol–water partition coefficient (Wildman–Crippen LogP) is 4.28. The summed E-state index contributed by atoms with van der Waals surface area (Å²) in [7, 11) is -2.23. The first-order valence-corrected chi connectivity index (χ1v) is 11.0. The van der Waals surface area contributed by atoms with Gasteiger partial charge in [-0.05, 0) is 6.92 Å². The van der Waals surface area contributed by atoms with Crippen LogP contribution >= 0.6 is 7.05 Å². The fourth-order valence-corrected chi connectivity index (χ4v) is 6.65. The minimum atomic E-state index is -2.23. The SMILES string of the molecule is C=C(C)C(=O)OCCN=P(c1ccccc1)(c1ccccc1)c1ccccc1. The van der Waals surface area contributed by atoms with Crippen LogP contribution in [0.1, 0.15) is 6.92 Å². The van der Waals surface area contributed by atoms with Gasteiger partial charge in [0, 0.05) is 21.5 Å². The van der Waals surface area contributed by atoms with Gasteiger partial charge in [0.15, 0.2) is 0 Å². The molecule has 0 aliphatic rings. The second-order valence-electron chi connectivity index (χ2n) is 6.42. The Bertz CT molecular complexity index is 879. The van der Waals surface area contributed by atoms with E-state index < -0.39 is 7.05 Å². The second-order valence-corrected chi connectivity index (χ2v) is 9.53. The summed E-state index contributed by atoms with van der Waals surface area (Å²) in [4.78, 5) is 11.7. The van der Waals surface area contributed by atoms with Gasteiger partial charge in [-0.2, -0.15) is 0 Å². The van der Waals surface area contributed by atoms with Gasteiger partial charge in [0.1, 0.15) is 6.61 Å². The topological polar surface area (TPSA) is 38.7 Å². The molecule has 3 aromatic carbocycles. The molecule has 0 saturated heterocycles. The molecule has 28 heavy (non-hydrogen) atoms. The van der Waals surface area contributed by atoms with E-state index in [-0.39, 0.29) is 12.6 Å². The molecule has 0 radical (unpaired) electrons. The van der Waals surface area contributed by atoms with E-state index in [1.54, 1.807) is 6.92 Å². The average Bonchev–Trinajstić information content (AvgIpc) is 2.75. The molecule has 0 aliphatic heterocycles. The van der Waals surface area contributed by atoms with E-state index in [4.69, 9.17) is 9.48 Å². The molecule has 0 aromatic heterocycles. The smallest absolute Gasteiger partial charge is 0.333 e. The fraction of sp³-hybridized carbons (Fsp3) is 0.125. The lowest BCUT2D eigenvalue weighted by Gasteiger charge is -2.27. The molecule has 3 nitrogen and oxygen atoms in total. The van der Waals surface area contributed by atoms with Gasteiger partial charge in [0.05, 0.1) is 13.6 Å². The molecule has 0 amide bonds. The summed E-state index contributed by atoms with van der Waals surface area (Å²) in [6.45, 7) is 5.93. The quantitative estimate of drug-likeness (QED) is 0.262. The largest absolute Gasteiger partial charge is 0.460 e. The Hall–Kier alpha value is -2.90. The molecule has 0 atom stereocenters. The standard InChI is InChI=1S/C24H24NO2P/c1-20(2)24(26)27-19-18-25-28(21-12-6-3-7-13-21,22-14-8-4-9-15-22)23-16-10-5-11-17-23/h3-17H,1,18-19H2,2H3. The van der Waals surface area contributed by atoms with Gasteiger partial charge in [0.25, 0.3) is 0 Å². The van der Waals surface area contributed by atoms with E-state index in [1.807, 2.05) is 54.6 Å². The first kappa shape index (κ1) is 19.9. The van der Waals surface area contributed by atoms with Gasteiger partial charge in [-0.25, -0.2) is 4.79 Å². The number of carbonyl (C=O) groups is 1. The number of carbonyl (C=O) groups excluding carboxylic acids is 1. The number of hydrogen-bond donors (Lipinski definition) is 0. The molecule has 0 spiro atoms. The molecular weight excluding hydrogens is 365 g/mol. The second kappa shape index (κ2) is 9.34. The van der Waals surface area contributed by atoms with Gasteiger partial charge >= 0.3 is 5.97 Å². The van der Waals surface area contributed by atoms with Crippen LogP contribution in [0.15, 0.2) is 108 Å². The van der Waals surface area contributed by atoms with Crippen molar-refractivity contribution in [3.8, 4) is 0 Å². The Labute approximate surface area is 166 Å². The Morgan fingerprint density at radius 1 is 0.821 bits per heavy atom. The molecule has 0 saturated carbocycles. The van der Waals surface area contributed by atoms with Gasteiger partial charge in [0.2, 0.25) is 0 Å². The molecule has 0 fully saturated rings. The summed E-state index contributed by atoms with van der Waals surface area (Å²) in [5.41, 5.74) is 0.398. The monoisotopic (exact) mass is 389 g/mol. The van der Waals surface area contributed by atoms with E-state index in [1.165, 1.54) is 15.9 Å². The van der Waals surface area contributed by atoms with Crippen molar-refractivity contribution in [2.45, 2.75) is 6.92 Å². The fourth-order valence-electron chi connectivity index (χ4n) is 3.08. The van der Waals surface area contributed by atoms with Gasteiger partial charge in [-0.1, -0.05) is 97.6 Å². The summed E-state index contributed by atoms with van der Waals surface area (Å²) in [5.74, 6) is -0.377. The van der Waals surface area contributed by atoms with Crippen LogP contribution in [0.2, 0.25) is 0 Å². The first-order chi connectivity index (χ1) is 13.6. The van der Waals surface area contributed by atoms with E-state index in [9.17, 15) is 4.79 Å². The summed E-state index contributed by atoms with van der Waals surface area (Å²) < 4.78 is 10.5. The highest BCUT2D eigenvalue weighted by Crippen LogP contribution is 2.46. The van der Waals surface area contributed by atoms with Crippen LogP contribution < -0.4 is 15.9 Å². The first-order valence-electron chi connectivity index (χ1n) is 9.22. The molecule has 142 valence electrons. The van der Waals surface area contributed by atoms with Gasteiger partial charge in [-0.3, -0.25) is 4.74 Å². The number of benzene rings is 3. The third-order valence-corrected chi connectivity index (χ3v) is 8.14. The lowest BCUT2D eigenvalue weighted by Crippen LogP contribution is -2.26. The van der Waals surface area contributed by atoms with E-state index in [0.717, 1.165) is 0 Å². The van der Waals surface area contributed by atoms with Crippen LogP contribution in [0.3, 0.4) is 0 Å². The number of nitrogens with zero attached hydrogens (tertiary/aromatic N) is 1. The van der Waals surface area contributed by atoms with Crippen molar-refractivity contribution in [3.05, 3.63) is 103 Å². The normalized spacial score (nSPS) is 10.9. The zero-order valence-corrected chi connectivity index (χ0v) is 16.9. The third-order valence-electron chi connectivity index (χ3n) is 4.37. The lowest BCUT2D eigenvalue weighted by molar-refractivity contribution is -0.138. The maximum atomic E-state index is 11.7. The molecule has 0 heterocycles. The minimum Gasteiger partial charge on any atom is -0.460 e. The summed E-state index contributed by atoms with van der Waals surface area (Å²) in [6, 6.07) is 31.2. The summed E-state index contributed by atoms with van der Waals surface area (Å²) >= 11 is 0. The molecule has 0 aliphatic carbocycles. The van der Waals surface area contributed by atoms with Crippen LogP contribution in [0.5, 0.6) is 0 Å². The molecule has 3 rings (SSSR count). The van der Waals surface area contributed by atoms with Crippen LogP contribution in [0, 0.1) is 0 Å². The lowest BCUT2D eigenvalue weighted by atomic mass is 10.4. The molecule has 0 N–H and O–H groups in total. The highest BCUT2D eigenvalue weighted by Gasteiger charge is 2.26. The third kappa shape index (κ3) is 4.32. The summed E-state index contributed by atoms with van der Waals surface area (Å²) in [6.07, 6.45) is 0. The maximum absolute atomic E-state index is 11.7. The minimum absolute atomic E-state index is 0.236. The van der Waals surface area contributed by atoms with Crippen molar-refractivity contribution >= 4 is 28.9 Å². The maximum Gasteiger partial charge on any atom is 0.333 e.